The number of nitrogens with zero attached hydrogens (tertiary/aromatic N) is 3. The Morgan fingerprint density at radius 3 is 1.44 bits per heavy atom. The summed E-state index contributed by atoms with van der Waals surface area (Å²) < 4.78 is 4.82. The molecule has 5 aromatic carbocycles. The van der Waals surface area contributed by atoms with Crippen LogP contribution in [0, 0.1) is 0 Å². The highest BCUT2D eigenvalue weighted by molar-refractivity contribution is 6.37. The van der Waals surface area contributed by atoms with Crippen molar-refractivity contribution in [3.05, 3.63) is 128 Å². The van der Waals surface area contributed by atoms with Crippen molar-refractivity contribution in [3.8, 4) is 11.4 Å². The van der Waals surface area contributed by atoms with Gasteiger partial charge in [-0.2, -0.15) is 0 Å². The Morgan fingerprint density at radius 1 is 0.417 bits per heavy atom. The first kappa shape index (κ1) is 19.4. The van der Waals surface area contributed by atoms with E-state index in [1.165, 1.54) is 60.1 Å². The summed E-state index contributed by atoms with van der Waals surface area (Å²) in [5, 5.41) is 7.58. The number of hydrogen-bond acceptors (Lipinski definition) is 1. The van der Waals surface area contributed by atoms with Crippen LogP contribution < -0.4 is 0 Å². The molecule has 0 aliphatic heterocycles. The zero-order valence-corrected chi connectivity index (χ0v) is 19.5. The number of hydrogen-bond donors (Lipinski definition) is 0. The third-order valence-electron chi connectivity index (χ3n) is 7.36. The fourth-order valence-corrected chi connectivity index (χ4v) is 5.99. The third-order valence-corrected chi connectivity index (χ3v) is 7.36. The maximum Gasteiger partial charge on any atom is 0.0645 e. The van der Waals surface area contributed by atoms with Gasteiger partial charge in [0.2, 0.25) is 0 Å². The first-order valence-electron chi connectivity index (χ1n) is 12.2. The lowest BCUT2D eigenvalue weighted by Gasteiger charge is -2.13. The van der Waals surface area contributed by atoms with Crippen molar-refractivity contribution in [2.45, 2.75) is 0 Å². The molecule has 0 radical (unpaired) electrons. The van der Waals surface area contributed by atoms with Crippen LogP contribution in [0.15, 0.2) is 128 Å². The Hall–Kier alpha value is -4.89. The molecule has 8 rings (SSSR count). The lowest BCUT2D eigenvalue weighted by Crippen LogP contribution is -1.96. The molecule has 0 bridgehead atoms. The summed E-state index contributed by atoms with van der Waals surface area (Å²) in [4.78, 5) is 4.47. The Balaban J connectivity index is 1.75. The standard InChI is InChI=1S/C33H21N3/c1-2-11-22(12-3-1)35-28-18-8-6-16-26(28)30-31-27-17-7-9-19-29(27)36(23-13-10-20-34-21-23)33(31)25-15-5-4-14-24(25)32(30)35/h1-21H. The van der Waals surface area contributed by atoms with Gasteiger partial charge in [-0.05, 0) is 36.4 Å². The molecule has 0 saturated heterocycles. The van der Waals surface area contributed by atoms with Gasteiger partial charge in [0.15, 0.2) is 0 Å². The number of aromatic nitrogens is 3. The molecule has 3 heteroatoms. The number of fused-ring (bicyclic) bond motifs is 10. The zero-order chi connectivity index (χ0) is 23.6. The number of para-hydroxylation sites is 3. The average molecular weight is 460 g/mol. The van der Waals surface area contributed by atoms with Crippen molar-refractivity contribution in [1.29, 1.82) is 0 Å². The quantitative estimate of drug-likeness (QED) is 0.254. The smallest absolute Gasteiger partial charge is 0.0645 e. The molecule has 0 atom stereocenters. The lowest BCUT2D eigenvalue weighted by molar-refractivity contribution is 1.14. The van der Waals surface area contributed by atoms with Gasteiger partial charge in [0.05, 0.1) is 34.0 Å². The molecule has 0 N–H and O–H groups in total. The molecule has 0 aliphatic carbocycles. The van der Waals surface area contributed by atoms with Crippen LogP contribution in [0.25, 0.3) is 65.8 Å². The van der Waals surface area contributed by atoms with Crippen molar-refractivity contribution in [3.63, 3.8) is 0 Å². The van der Waals surface area contributed by atoms with Crippen molar-refractivity contribution in [1.82, 2.24) is 14.1 Å². The molecule has 3 heterocycles. The van der Waals surface area contributed by atoms with Gasteiger partial charge >= 0.3 is 0 Å². The molecule has 0 amide bonds. The van der Waals surface area contributed by atoms with Gasteiger partial charge in [-0.1, -0.05) is 78.9 Å². The summed E-state index contributed by atoms with van der Waals surface area (Å²) >= 11 is 0. The Bertz CT molecular complexity index is 1930. The second-order valence-electron chi connectivity index (χ2n) is 9.24. The number of rotatable bonds is 2. The highest BCUT2D eigenvalue weighted by Crippen LogP contribution is 2.46. The van der Waals surface area contributed by atoms with Crippen molar-refractivity contribution < 1.29 is 0 Å². The predicted molar refractivity (Wildman–Crippen MR) is 150 cm³/mol. The van der Waals surface area contributed by atoms with Crippen LogP contribution in [-0.2, 0) is 0 Å². The average Bonchev–Trinajstić information content (AvgIpc) is 3.48. The Morgan fingerprint density at radius 2 is 0.889 bits per heavy atom. The molecule has 3 nitrogen and oxygen atoms in total. The summed E-state index contributed by atoms with van der Waals surface area (Å²) in [5.74, 6) is 0. The first-order valence-corrected chi connectivity index (χ1v) is 12.2. The van der Waals surface area contributed by atoms with E-state index in [1.807, 2.05) is 18.5 Å². The highest BCUT2D eigenvalue weighted by atomic mass is 15.0. The maximum absolute atomic E-state index is 4.47. The van der Waals surface area contributed by atoms with E-state index in [9.17, 15) is 0 Å². The van der Waals surface area contributed by atoms with Crippen LogP contribution in [0.5, 0.6) is 0 Å². The molecule has 0 unspecified atom stereocenters. The maximum atomic E-state index is 4.47. The molecular formula is C33H21N3. The van der Waals surface area contributed by atoms with Crippen LogP contribution in [0.2, 0.25) is 0 Å². The molecule has 0 spiro atoms. The summed E-state index contributed by atoms with van der Waals surface area (Å²) in [5.41, 5.74) is 7.12. The third kappa shape index (κ3) is 2.49. The van der Waals surface area contributed by atoms with E-state index in [0.29, 0.717) is 0 Å². The van der Waals surface area contributed by atoms with Gasteiger partial charge in [-0.15, -0.1) is 0 Å². The molecule has 36 heavy (non-hydrogen) atoms. The molecule has 0 saturated carbocycles. The summed E-state index contributed by atoms with van der Waals surface area (Å²) in [6, 6.07) is 41.2. The first-order chi connectivity index (χ1) is 17.9. The normalized spacial score (nSPS) is 11.9. The van der Waals surface area contributed by atoms with E-state index in [1.54, 1.807) is 0 Å². The van der Waals surface area contributed by atoms with Gasteiger partial charge < -0.3 is 9.13 Å². The molecule has 8 aromatic rings. The van der Waals surface area contributed by atoms with E-state index in [0.717, 1.165) is 5.69 Å². The van der Waals surface area contributed by atoms with Crippen molar-refractivity contribution >= 4 is 54.4 Å². The second-order valence-corrected chi connectivity index (χ2v) is 9.24. The summed E-state index contributed by atoms with van der Waals surface area (Å²) in [7, 11) is 0. The Kier molecular flexibility index (Phi) is 3.94. The van der Waals surface area contributed by atoms with E-state index in [-0.39, 0.29) is 0 Å². The minimum absolute atomic E-state index is 1.07. The van der Waals surface area contributed by atoms with Crippen molar-refractivity contribution in [2.24, 2.45) is 0 Å². The second kappa shape index (κ2) is 7.30. The molecule has 0 aliphatic rings. The minimum atomic E-state index is 1.07. The Labute approximate surface area is 207 Å². The van der Waals surface area contributed by atoms with Gasteiger partial charge in [-0.25, -0.2) is 0 Å². The minimum Gasteiger partial charge on any atom is -0.309 e. The SMILES string of the molecule is c1ccc(-n2c3ccccc3c3c4c5ccccc5n(-c5cccnc5)c4c4ccccc4c32)cc1. The van der Waals surface area contributed by atoms with Gasteiger partial charge in [0, 0.05) is 44.2 Å². The summed E-state index contributed by atoms with van der Waals surface area (Å²) in [6.07, 6.45) is 3.79. The molecule has 168 valence electrons. The molecule has 3 aromatic heterocycles. The topological polar surface area (TPSA) is 22.8 Å². The summed E-state index contributed by atoms with van der Waals surface area (Å²) in [6.45, 7) is 0. The van der Waals surface area contributed by atoms with E-state index in [4.69, 9.17) is 0 Å². The van der Waals surface area contributed by atoms with Crippen LogP contribution >= 0.6 is 0 Å². The van der Waals surface area contributed by atoms with Crippen molar-refractivity contribution in [2.75, 3.05) is 0 Å². The zero-order valence-electron chi connectivity index (χ0n) is 19.5. The number of pyridine rings is 1. The molecular weight excluding hydrogens is 438 g/mol. The van der Waals surface area contributed by atoms with E-state index >= 15 is 0 Å². The van der Waals surface area contributed by atoms with Crippen LogP contribution in [0.1, 0.15) is 0 Å². The largest absolute Gasteiger partial charge is 0.309 e. The number of benzene rings is 5. The van der Waals surface area contributed by atoms with Gasteiger partial charge in [0.1, 0.15) is 0 Å². The molecule has 0 fully saturated rings. The lowest BCUT2D eigenvalue weighted by atomic mass is 9.99. The fourth-order valence-electron chi connectivity index (χ4n) is 5.99. The predicted octanol–water partition coefficient (Wildman–Crippen LogP) is 8.43. The van der Waals surface area contributed by atoms with E-state index < -0.39 is 0 Å². The fraction of sp³-hybridized carbons (Fsp3) is 0. The van der Waals surface area contributed by atoms with Crippen LogP contribution in [0.3, 0.4) is 0 Å². The van der Waals surface area contributed by atoms with Crippen LogP contribution in [0.4, 0.5) is 0 Å². The van der Waals surface area contributed by atoms with E-state index in [2.05, 4.69) is 123 Å². The van der Waals surface area contributed by atoms with Crippen LogP contribution in [-0.4, -0.2) is 14.1 Å². The van der Waals surface area contributed by atoms with Gasteiger partial charge in [-0.3, -0.25) is 4.98 Å². The highest BCUT2D eigenvalue weighted by Gasteiger charge is 2.23. The monoisotopic (exact) mass is 459 g/mol. The van der Waals surface area contributed by atoms with Gasteiger partial charge in [0.25, 0.3) is 0 Å².